The molecule has 5 nitrogen and oxygen atoms in total. The Morgan fingerprint density at radius 2 is 1.91 bits per heavy atom. The second-order valence-corrected chi connectivity index (χ2v) is 6.11. The molecular weight excluding hydrogens is 290 g/mol. The van der Waals surface area contributed by atoms with Gasteiger partial charge < -0.3 is 15.3 Å². The van der Waals surface area contributed by atoms with E-state index in [0.717, 1.165) is 57.7 Å². The van der Waals surface area contributed by atoms with Crippen molar-refractivity contribution in [2.75, 3.05) is 39.3 Å². The first-order chi connectivity index (χ1) is 11.2. The van der Waals surface area contributed by atoms with Crippen LogP contribution in [0.4, 0.5) is 0 Å². The number of aromatic hydroxyl groups is 1. The lowest BCUT2D eigenvalue weighted by Gasteiger charge is -2.37. The van der Waals surface area contributed by atoms with Crippen molar-refractivity contribution in [3.8, 4) is 5.75 Å². The lowest BCUT2D eigenvalue weighted by molar-refractivity contribution is -0.137. The quantitative estimate of drug-likeness (QED) is 0.807. The molecule has 1 fully saturated rings. The summed E-state index contributed by atoms with van der Waals surface area (Å²) in [6, 6.07) is 6.83. The van der Waals surface area contributed by atoms with Crippen LogP contribution in [0.2, 0.25) is 0 Å². The van der Waals surface area contributed by atoms with Gasteiger partial charge in [0.15, 0.2) is 0 Å². The molecule has 23 heavy (non-hydrogen) atoms. The highest BCUT2D eigenvalue weighted by atomic mass is 16.3. The second kappa shape index (κ2) is 8.89. The summed E-state index contributed by atoms with van der Waals surface area (Å²) in [6.45, 7) is 9.25. The highest BCUT2D eigenvalue weighted by Crippen LogP contribution is 2.26. The fourth-order valence-electron chi connectivity index (χ4n) is 3.19. The Bertz CT molecular complexity index is 495. The summed E-state index contributed by atoms with van der Waals surface area (Å²) in [4.78, 5) is 17.4. The van der Waals surface area contributed by atoms with Crippen LogP contribution in [0, 0.1) is 0 Å². The fraction of sp³-hybridized carbons (Fsp3) is 0.611. The number of hydrogen-bond acceptors (Lipinski definition) is 4. The first-order valence-corrected chi connectivity index (χ1v) is 8.69. The van der Waals surface area contributed by atoms with E-state index < -0.39 is 0 Å². The van der Waals surface area contributed by atoms with E-state index in [1.807, 2.05) is 17.0 Å². The third-order valence-corrected chi connectivity index (χ3v) is 4.24. The Kier molecular flexibility index (Phi) is 6.86. The summed E-state index contributed by atoms with van der Waals surface area (Å²) in [5, 5.41) is 13.2. The molecule has 0 spiro atoms. The zero-order valence-corrected chi connectivity index (χ0v) is 14.3. The summed E-state index contributed by atoms with van der Waals surface area (Å²) in [6.07, 6.45) is 1.92. The van der Waals surface area contributed by atoms with E-state index in [4.69, 9.17) is 0 Å². The third kappa shape index (κ3) is 4.69. The number of nitrogens with zero attached hydrogens (tertiary/aromatic N) is 2. The van der Waals surface area contributed by atoms with Crippen LogP contribution in [-0.2, 0) is 4.79 Å². The molecule has 0 aromatic heterocycles. The van der Waals surface area contributed by atoms with Crippen molar-refractivity contribution < 1.29 is 9.90 Å². The van der Waals surface area contributed by atoms with Crippen molar-refractivity contribution in [3.05, 3.63) is 29.8 Å². The van der Waals surface area contributed by atoms with Crippen LogP contribution in [0.25, 0.3) is 0 Å². The summed E-state index contributed by atoms with van der Waals surface area (Å²) < 4.78 is 0. The molecule has 0 aliphatic carbocycles. The molecule has 2 rings (SSSR count). The van der Waals surface area contributed by atoms with Crippen LogP contribution >= 0.6 is 0 Å². The predicted molar refractivity (Wildman–Crippen MR) is 92.5 cm³/mol. The standard InChI is InChI=1S/C18H29N3O2/c1-3-10-21(11-4-2)18(23)17(20-12-8-19-9-13-20)15-6-5-7-16(22)14-15/h5-7,14,17,19,22H,3-4,8-13H2,1-2H3. The average molecular weight is 319 g/mol. The summed E-state index contributed by atoms with van der Waals surface area (Å²) in [5.74, 6) is 0.370. The molecule has 1 aliphatic rings. The molecule has 0 saturated carbocycles. The molecule has 1 unspecified atom stereocenters. The molecule has 1 aromatic carbocycles. The van der Waals surface area contributed by atoms with E-state index in [-0.39, 0.29) is 17.7 Å². The smallest absolute Gasteiger partial charge is 0.244 e. The fourth-order valence-corrected chi connectivity index (χ4v) is 3.19. The molecule has 1 aliphatic heterocycles. The third-order valence-electron chi connectivity index (χ3n) is 4.24. The molecule has 2 N–H and O–H groups in total. The number of carbonyl (C=O) groups excluding carboxylic acids is 1. The Hall–Kier alpha value is -1.59. The van der Waals surface area contributed by atoms with Crippen molar-refractivity contribution >= 4 is 5.91 Å². The van der Waals surface area contributed by atoms with Crippen molar-refractivity contribution in [2.45, 2.75) is 32.7 Å². The van der Waals surface area contributed by atoms with Gasteiger partial charge >= 0.3 is 0 Å². The normalized spacial score (nSPS) is 17.0. The van der Waals surface area contributed by atoms with E-state index in [1.165, 1.54) is 0 Å². The second-order valence-electron chi connectivity index (χ2n) is 6.11. The lowest BCUT2D eigenvalue weighted by Crippen LogP contribution is -2.50. The number of phenols is 1. The zero-order valence-electron chi connectivity index (χ0n) is 14.3. The summed E-state index contributed by atoms with van der Waals surface area (Å²) in [7, 11) is 0. The maximum Gasteiger partial charge on any atom is 0.244 e. The highest BCUT2D eigenvalue weighted by molar-refractivity contribution is 5.83. The molecule has 1 aromatic rings. The maximum atomic E-state index is 13.2. The number of piperazine rings is 1. The average Bonchev–Trinajstić information content (AvgIpc) is 2.56. The van der Waals surface area contributed by atoms with Crippen LogP contribution in [0.1, 0.15) is 38.3 Å². The largest absolute Gasteiger partial charge is 0.508 e. The zero-order chi connectivity index (χ0) is 16.7. The van der Waals surface area contributed by atoms with E-state index in [0.29, 0.717) is 0 Å². The van der Waals surface area contributed by atoms with Gasteiger partial charge in [0.25, 0.3) is 0 Å². The van der Waals surface area contributed by atoms with Crippen LogP contribution in [0.5, 0.6) is 5.75 Å². The van der Waals surface area contributed by atoms with Gasteiger partial charge in [0.2, 0.25) is 5.91 Å². The minimum absolute atomic E-state index is 0.154. The number of amides is 1. The number of rotatable bonds is 7. The Morgan fingerprint density at radius 3 is 2.48 bits per heavy atom. The van der Waals surface area contributed by atoms with E-state index >= 15 is 0 Å². The molecule has 0 radical (unpaired) electrons. The number of hydrogen-bond donors (Lipinski definition) is 2. The van der Waals surface area contributed by atoms with Crippen LogP contribution in [0.3, 0.4) is 0 Å². The Labute approximate surface area is 139 Å². The van der Waals surface area contributed by atoms with Crippen molar-refractivity contribution in [1.29, 1.82) is 0 Å². The Morgan fingerprint density at radius 1 is 1.26 bits per heavy atom. The number of nitrogens with one attached hydrogen (secondary N) is 1. The highest BCUT2D eigenvalue weighted by Gasteiger charge is 2.31. The monoisotopic (exact) mass is 319 g/mol. The first-order valence-electron chi connectivity index (χ1n) is 8.69. The van der Waals surface area contributed by atoms with Crippen LogP contribution in [0.15, 0.2) is 24.3 Å². The summed E-state index contributed by atoms with van der Waals surface area (Å²) >= 11 is 0. The predicted octanol–water partition coefficient (Wildman–Crippen LogP) is 1.99. The minimum atomic E-state index is -0.303. The number of benzene rings is 1. The van der Waals surface area contributed by atoms with E-state index in [1.54, 1.807) is 12.1 Å². The van der Waals surface area contributed by atoms with Gasteiger partial charge in [-0.2, -0.15) is 0 Å². The molecule has 5 heteroatoms. The molecule has 0 bridgehead atoms. The first kappa shape index (κ1) is 17.8. The molecule has 1 atom stereocenters. The molecule has 1 saturated heterocycles. The van der Waals surface area contributed by atoms with Gasteiger partial charge in [0.05, 0.1) is 0 Å². The SMILES string of the molecule is CCCN(CCC)C(=O)C(c1cccc(O)c1)N1CCNCC1. The van der Waals surface area contributed by atoms with Crippen molar-refractivity contribution in [1.82, 2.24) is 15.1 Å². The molecule has 128 valence electrons. The van der Waals surface area contributed by atoms with Gasteiger partial charge in [-0.25, -0.2) is 0 Å². The maximum absolute atomic E-state index is 13.2. The molecule has 1 heterocycles. The van der Waals surface area contributed by atoms with Gasteiger partial charge in [-0.1, -0.05) is 26.0 Å². The van der Waals surface area contributed by atoms with Gasteiger partial charge in [-0.3, -0.25) is 9.69 Å². The molecule has 1 amide bonds. The van der Waals surface area contributed by atoms with Crippen LogP contribution < -0.4 is 5.32 Å². The molecular formula is C18H29N3O2. The van der Waals surface area contributed by atoms with Gasteiger partial charge in [-0.05, 0) is 30.5 Å². The topological polar surface area (TPSA) is 55.8 Å². The summed E-state index contributed by atoms with van der Waals surface area (Å²) in [5.41, 5.74) is 0.883. The number of carbonyl (C=O) groups is 1. The lowest BCUT2D eigenvalue weighted by atomic mass is 10.0. The van der Waals surface area contributed by atoms with Crippen molar-refractivity contribution in [2.24, 2.45) is 0 Å². The van der Waals surface area contributed by atoms with E-state index in [9.17, 15) is 9.90 Å². The minimum Gasteiger partial charge on any atom is -0.508 e. The van der Waals surface area contributed by atoms with Crippen molar-refractivity contribution in [3.63, 3.8) is 0 Å². The van der Waals surface area contributed by atoms with Crippen LogP contribution in [-0.4, -0.2) is 60.1 Å². The van der Waals surface area contributed by atoms with Gasteiger partial charge in [-0.15, -0.1) is 0 Å². The number of phenolic OH excluding ortho intramolecular Hbond substituents is 1. The van der Waals surface area contributed by atoms with Gasteiger partial charge in [0.1, 0.15) is 11.8 Å². The Balaban J connectivity index is 2.29. The van der Waals surface area contributed by atoms with Gasteiger partial charge in [0, 0.05) is 39.3 Å². The van der Waals surface area contributed by atoms with E-state index in [2.05, 4.69) is 24.1 Å².